The Morgan fingerprint density at radius 3 is 2.24 bits per heavy atom. The molecular formula is C38H46BrClN4O5. The maximum atomic E-state index is 11.9. The summed E-state index contributed by atoms with van der Waals surface area (Å²) >= 11 is 9.42. The lowest BCUT2D eigenvalue weighted by Gasteiger charge is -2.12. The molecule has 0 radical (unpaired) electrons. The van der Waals surface area contributed by atoms with Gasteiger partial charge in [-0.3, -0.25) is 19.7 Å². The van der Waals surface area contributed by atoms with Crippen LogP contribution >= 0.6 is 27.5 Å². The van der Waals surface area contributed by atoms with Gasteiger partial charge in [-0.2, -0.15) is 0 Å². The predicted molar refractivity (Wildman–Crippen MR) is 199 cm³/mol. The highest BCUT2D eigenvalue weighted by Crippen LogP contribution is 2.23. The average molecular weight is 754 g/mol. The van der Waals surface area contributed by atoms with Crippen molar-refractivity contribution >= 4 is 56.0 Å². The molecule has 0 aliphatic rings. The molecule has 0 unspecified atom stereocenters. The third-order valence-corrected chi connectivity index (χ3v) is 8.60. The van der Waals surface area contributed by atoms with E-state index in [1.807, 2.05) is 51.2 Å². The summed E-state index contributed by atoms with van der Waals surface area (Å²) in [6.45, 7) is 15.0. The van der Waals surface area contributed by atoms with E-state index >= 15 is 0 Å². The molecule has 2 aromatic heterocycles. The number of halogens is 2. The predicted octanol–water partition coefficient (Wildman–Crippen LogP) is 10.3. The third-order valence-electron chi connectivity index (χ3n) is 7.61. The van der Waals surface area contributed by atoms with Crippen molar-refractivity contribution in [2.24, 2.45) is 17.8 Å². The number of fused-ring (bicyclic) bond motifs is 1. The van der Waals surface area contributed by atoms with Crippen molar-refractivity contribution in [1.82, 2.24) is 14.5 Å². The molecule has 9 nitrogen and oxygen atoms in total. The summed E-state index contributed by atoms with van der Waals surface area (Å²) < 4.78 is 7.99. The SMILES string of the molecule is CC(C)C(=O)OCc1ccc([N+](=O)[O-])cc1.CCC#Cc1ccc(Br)c(C(=O)C(C)C)c1.CCC(CC)CCn1ccc2c(Cl)ncnc21. The zero-order valence-corrected chi connectivity index (χ0v) is 31.7. The molecule has 4 aromatic rings. The number of benzene rings is 2. The van der Waals surface area contributed by atoms with Crippen LogP contribution in [-0.2, 0) is 22.7 Å². The number of carbonyl (C=O) groups excluding carboxylic acids is 2. The average Bonchev–Trinajstić information content (AvgIpc) is 3.52. The quantitative estimate of drug-likeness (QED) is 0.0374. The minimum atomic E-state index is -0.468. The first-order valence-corrected chi connectivity index (χ1v) is 17.7. The molecule has 0 bridgehead atoms. The lowest BCUT2D eigenvalue weighted by atomic mass is 9.99. The molecular weight excluding hydrogens is 708 g/mol. The second-order valence-corrected chi connectivity index (χ2v) is 13.1. The Bertz CT molecular complexity index is 1740. The number of nitrogens with zero attached hydrogens (tertiary/aromatic N) is 4. The molecule has 2 aromatic carbocycles. The lowest BCUT2D eigenvalue weighted by molar-refractivity contribution is -0.384. The summed E-state index contributed by atoms with van der Waals surface area (Å²) in [5, 5.41) is 11.9. The highest BCUT2D eigenvalue weighted by molar-refractivity contribution is 9.10. The van der Waals surface area contributed by atoms with Gasteiger partial charge in [-0.05, 0) is 54.3 Å². The first kappa shape index (κ1) is 41.1. The van der Waals surface area contributed by atoms with Crippen LogP contribution in [0.25, 0.3) is 11.0 Å². The van der Waals surface area contributed by atoms with E-state index < -0.39 is 4.92 Å². The van der Waals surface area contributed by atoms with Gasteiger partial charge in [0.1, 0.15) is 23.7 Å². The number of hydrogen-bond acceptors (Lipinski definition) is 7. The van der Waals surface area contributed by atoms with Crippen molar-refractivity contribution in [1.29, 1.82) is 0 Å². The number of non-ortho nitro benzene ring substituents is 1. The number of hydrogen-bond donors (Lipinski definition) is 0. The second-order valence-electron chi connectivity index (χ2n) is 11.9. The smallest absolute Gasteiger partial charge is 0.308 e. The van der Waals surface area contributed by atoms with Crippen LogP contribution < -0.4 is 0 Å². The number of aromatic nitrogens is 3. The van der Waals surface area contributed by atoms with Gasteiger partial charge in [0.2, 0.25) is 0 Å². The van der Waals surface area contributed by atoms with E-state index in [2.05, 4.69) is 56.2 Å². The fraction of sp³-hybridized carbons (Fsp3) is 0.421. The number of carbonyl (C=O) groups is 2. The first-order valence-electron chi connectivity index (χ1n) is 16.5. The van der Waals surface area contributed by atoms with Crippen molar-refractivity contribution in [2.75, 3.05) is 0 Å². The van der Waals surface area contributed by atoms with E-state index in [0.717, 1.165) is 51.1 Å². The number of Topliss-reactive ketones (excluding diaryl/α,β-unsaturated/α-hetero) is 1. The van der Waals surface area contributed by atoms with Gasteiger partial charge in [0.25, 0.3) is 5.69 Å². The van der Waals surface area contributed by atoms with Crippen LogP contribution in [0.1, 0.15) is 95.6 Å². The van der Waals surface area contributed by atoms with Gasteiger partial charge in [0.15, 0.2) is 5.78 Å². The highest BCUT2D eigenvalue weighted by atomic mass is 79.9. The molecule has 49 heavy (non-hydrogen) atoms. The summed E-state index contributed by atoms with van der Waals surface area (Å²) in [5.74, 6) is 6.53. The van der Waals surface area contributed by atoms with Crippen LogP contribution in [0.4, 0.5) is 5.69 Å². The van der Waals surface area contributed by atoms with Crippen molar-refractivity contribution in [3.8, 4) is 11.8 Å². The summed E-state index contributed by atoms with van der Waals surface area (Å²) in [5.41, 5.74) is 3.32. The zero-order chi connectivity index (χ0) is 36.5. The Balaban J connectivity index is 0.000000255. The largest absolute Gasteiger partial charge is 0.461 e. The molecule has 0 amide bonds. The topological polar surface area (TPSA) is 117 Å². The number of ether oxygens (including phenoxy) is 1. The summed E-state index contributed by atoms with van der Waals surface area (Å²) in [6, 6.07) is 13.6. The molecule has 0 aliphatic carbocycles. The van der Waals surface area contributed by atoms with E-state index in [4.69, 9.17) is 16.3 Å². The summed E-state index contributed by atoms with van der Waals surface area (Å²) in [4.78, 5) is 41.3. The van der Waals surface area contributed by atoms with E-state index in [-0.39, 0.29) is 35.9 Å². The maximum Gasteiger partial charge on any atom is 0.308 e. The maximum absolute atomic E-state index is 11.9. The number of rotatable bonds is 11. The van der Waals surface area contributed by atoms with Crippen LogP contribution in [0.3, 0.4) is 0 Å². The van der Waals surface area contributed by atoms with E-state index in [1.165, 1.54) is 37.7 Å². The van der Waals surface area contributed by atoms with Crippen molar-refractivity contribution < 1.29 is 19.2 Å². The van der Waals surface area contributed by atoms with Crippen molar-refractivity contribution in [3.05, 3.63) is 97.5 Å². The van der Waals surface area contributed by atoms with Crippen molar-refractivity contribution in [2.45, 2.75) is 87.3 Å². The highest BCUT2D eigenvalue weighted by Gasteiger charge is 2.14. The standard InChI is InChI=1S/C14H15BrO.C13H18ClN3.C11H13NO4/c1-4-5-6-11-7-8-13(15)12(9-11)14(16)10(2)3;1-3-10(4-2)5-7-17-8-6-11-12(14)15-9-16-13(11)17;1-8(2)11(13)16-7-9-3-5-10(6-4-9)12(14)15/h7-10H,4H2,1-3H3;6,8-10H,3-5,7H2,1-2H3;3-6,8H,7H2,1-2H3. The van der Waals surface area contributed by atoms with E-state index in [1.54, 1.807) is 26.0 Å². The summed E-state index contributed by atoms with van der Waals surface area (Å²) in [7, 11) is 0. The Kier molecular flexibility index (Phi) is 17.7. The van der Waals surface area contributed by atoms with Gasteiger partial charge in [-0.1, -0.05) is 101 Å². The molecule has 0 N–H and O–H groups in total. The minimum absolute atomic E-state index is 0.00526. The summed E-state index contributed by atoms with van der Waals surface area (Å²) in [6.07, 6.45) is 8.07. The Labute approximate surface area is 303 Å². The van der Waals surface area contributed by atoms with Crippen LogP contribution in [0.2, 0.25) is 5.15 Å². The molecule has 262 valence electrons. The van der Waals surface area contributed by atoms with E-state index in [9.17, 15) is 19.7 Å². The first-order chi connectivity index (χ1) is 23.3. The Hall–Kier alpha value is -4.07. The third kappa shape index (κ3) is 13.4. The molecule has 0 spiro atoms. The number of nitro benzene ring substituents is 1. The number of ketones is 1. The van der Waals surface area contributed by atoms with Gasteiger partial charge in [-0.25, -0.2) is 9.97 Å². The van der Waals surface area contributed by atoms with Crippen LogP contribution in [0.15, 0.2) is 65.5 Å². The van der Waals surface area contributed by atoms with Crippen LogP contribution in [0.5, 0.6) is 0 Å². The molecule has 0 atom stereocenters. The minimum Gasteiger partial charge on any atom is -0.461 e. The molecule has 0 fully saturated rings. The van der Waals surface area contributed by atoms with Gasteiger partial charge >= 0.3 is 5.97 Å². The molecule has 4 rings (SSSR count). The number of nitro groups is 1. The van der Waals surface area contributed by atoms with Gasteiger partial charge < -0.3 is 9.30 Å². The number of esters is 1. The fourth-order valence-corrected chi connectivity index (χ4v) is 5.13. The van der Waals surface area contributed by atoms with E-state index in [0.29, 0.717) is 5.15 Å². The van der Waals surface area contributed by atoms with Gasteiger partial charge in [0.05, 0.1) is 16.2 Å². The molecule has 11 heteroatoms. The molecule has 0 aliphatic heterocycles. The van der Waals surface area contributed by atoms with Crippen LogP contribution in [-0.4, -0.2) is 31.2 Å². The molecule has 0 saturated heterocycles. The van der Waals surface area contributed by atoms with Crippen LogP contribution in [0, 0.1) is 39.7 Å². The second kappa shape index (κ2) is 21.1. The Morgan fingerprint density at radius 2 is 1.67 bits per heavy atom. The van der Waals surface area contributed by atoms with Gasteiger partial charge in [0, 0.05) is 52.8 Å². The van der Waals surface area contributed by atoms with Crippen molar-refractivity contribution in [3.63, 3.8) is 0 Å². The lowest BCUT2D eigenvalue weighted by Crippen LogP contribution is -2.11. The molecule has 0 saturated carbocycles. The Morgan fingerprint density at radius 1 is 1.00 bits per heavy atom. The normalized spacial score (nSPS) is 10.5. The fourth-order valence-electron chi connectivity index (χ4n) is 4.50. The monoisotopic (exact) mass is 752 g/mol. The zero-order valence-electron chi connectivity index (χ0n) is 29.3. The number of aryl methyl sites for hydroxylation is 1. The molecule has 2 heterocycles. The van der Waals surface area contributed by atoms with Gasteiger partial charge in [-0.15, -0.1) is 0 Å².